The van der Waals surface area contributed by atoms with Gasteiger partial charge >= 0.3 is 0 Å². The van der Waals surface area contributed by atoms with Crippen molar-refractivity contribution in [3.8, 4) is 0 Å². The normalized spacial score (nSPS) is 24.7. The highest BCUT2D eigenvalue weighted by molar-refractivity contribution is 5.40. The van der Waals surface area contributed by atoms with Gasteiger partial charge in [-0.1, -0.05) is 6.07 Å². The molecule has 0 saturated carbocycles. The lowest BCUT2D eigenvalue weighted by Gasteiger charge is -2.27. The van der Waals surface area contributed by atoms with E-state index in [2.05, 4.69) is 16.8 Å². The lowest BCUT2D eigenvalue weighted by Crippen LogP contribution is -2.37. The largest absolute Gasteiger partial charge is 0.392 e. The van der Waals surface area contributed by atoms with E-state index < -0.39 is 0 Å². The zero-order valence-electron chi connectivity index (χ0n) is 9.76. The minimum absolute atomic E-state index is 0.0416. The van der Waals surface area contributed by atoms with E-state index in [-0.39, 0.29) is 12.7 Å². The molecule has 0 radical (unpaired) electrons. The fourth-order valence-electron chi connectivity index (χ4n) is 2.12. The Morgan fingerprint density at radius 3 is 2.88 bits per heavy atom. The highest BCUT2D eigenvalue weighted by Crippen LogP contribution is 2.22. The molecule has 1 aromatic heterocycles. The maximum atomic E-state index is 8.95. The van der Waals surface area contributed by atoms with E-state index in [4.69, 9.17) is 9.84 Å². The minimum atomic E-state index is 0.0416. The molecule has 1 fully saturated rings. The molecular formula is C12H18N2O2. The Morgan fingerprint density at radius 1 is 1.56 bits per heavy atom. The van der Waals surface area contributed by atoms with Crippen molar-refractivity contribution in [2.75, 3.05) is 18.6 Å². The third kappa shape index (κ3) is 2.18. The first-order valence-corrected chi connectivity index (χ1v) is 5.62. The molecule has 2 unspecified atom stereocenters. The molecule has 1 aliphatic heterocycles. The number of hydrogen-bond acceptors (Lipinski definition) is 4. The zero-order chi connectivity index (χ0) is 11.5. The van der Waals surface area contributed by atoms with Gasteiger partial charge in [0.2, 0.25) is 0 Å². The van der Waals surface area contributed by atoms with E-state index in [1.807, 2.05) is 19.2 Å². The highest BCUT2D eigenvalue weighted by Gasteiger charge is 2.28. The molecule has 1 saturated heterocycles. The molecular weight excluding hydrogens is 204 g/mol. The van der Waals surface area contributed by atoms with Crippen molar-refractivity contribution in [2.24, 2.45) is 0 Å². The number of aromatic nitrogens is 1. The Hall–Kier alpha value is -1.13. The first-order chi connectivity index (χ1) is 7.72. The summed E-state index contributed by atoms with van der Waals surface area (Å²) in [4.78, 5) is 6.49. The lowest BCUT2D eigenvalue weighted by atomic mass is 10.1. The Labute approximate surface area is 95.9 Å². The molecule has 2 atom stereocenters. The molecule has 1 aromatic rings. The molecule has 4 heteroatoms. The van der Waals surface area contributed by atoms with Crippen LogP contribution in [0.1, 0.15) is 18.9 Å². The van der Waals surface area contributed by atoms with Crippen LogP contribution in [0.2, 0.25) is 0 Å². The quantitative estimate of drug-likeness (QED) is 0.834. The smallest absolute Gasteiger partial charge is 0.128 e. The summed E-state index contributed by atoms with van der Waals surface area (Å²) in [7, 11) is 2.04. The summed E-state index contributed by atoms with van der Waals surface area (Å²) < 4.78 is 5.54. The number of likely N-dealkylation sites (N-methyl/N-ethyl adjacent to an activating group) is 1. The number of rotatable bonds is 3. The average molecular weight is 222 g/mol. The van der Waals surface area contributed by atoms with Crippen LogP contribution in [0.3, 0.4) is 0 Å². The Kier molecular flexibility index (Phi) is 3.41. The van der Waals surface area contributed by atoms with Crippen LogP contribution in [0.5, 0.6) is 0 Å². The number of pyridine rings is 1. The van der Waals surface area contributed by atoms with Gasteiger partial charge in [-0.2, -0.15) is 0 Å². The van der Waals surface area contributed by atoms with E-state index in [0.717, 1.165) is 24.4 Å². The molecule has 88 valence electrons. The van der Waals surface area contributed by atoms with Crippen molar-refractivity contribution < 1.29 is 9.84 Å². The lowest BCUT2D eigenvalue weighted by molar-refractivity contribution is 0.118. The molecule has 0 amide bonds. The van der Waals surface area contributed by atoms with Gasteiger partial charge in [0, 0.05) is 19.9 Å². The van der Waals surface area contributed by atoms with Gasteiger partial charge in [-0.3, -0.25) is 0 Å². The second-order valence-corrected chi connectivity index (χ2v) is 4.23. The predicted molar refractivity (Wildman–Crippen MR) is 62.4 cm³/mol. The van der Waals surface area contributed by atoms with Crippen LogP contribution in [-0.2, 0) is 11.3 Å². The minimum Gasteiger partial charge on any atom is -0.392 e. The molecule has 0 aromatic carbocycles. The second-order valence-electron chi connectivity index (χ2n) is 4.23. The van der Waals surface area contributed by atoms with Crippen LogP contribution in [0, 0.1) is 0 Å². The first kappa shape index (κ1) is 11.4. The number of aliphatic hydroxyl groups excluding tert-OH is 1. The van der Waals surface area contributed by atoms with Crippen molar-refractivity contribution in [1.29, 1.82) is 0 Å². The van der Waals surface area contributed by atoms with Crippen LogP contribution in [0.4, 0.5) is 5.82 Å². The van der Waals surface area contributed by atoms with Crippen molar-refractivity contribution in [2.45, 2.75) is 32.1 Å². The molecule has 2 heterocycles. The van der Waals surface area contributed by atoms with E-state index in [0.29, 0.717) is 6.04 Å². The Morgan fingerprint density at radius 2 is 2.38 bits per heavy atom. The SMILES string of the molecule is CC1OCCC1N(C)c1ccc(CO)cn1. The van der Waals surface area contributed by atoms with E-state index in [1.54, 1.807) is 6.20 Å². The van der Waals surface area contributed by atoms with Gasteiger partial charge in [-0.15, -0.1) is 0 Å². The van der Waals surface area contributed by atoms with Gasteiger partial charge in [0.15, 0.2) is 0 Å². The van der Waals surface area contributed by atoms with Crippen LogP contribution < -0.4 is 4.90 Å². The van der Waals surface area contributed by atoms with Gasteiger partial charge in [-0.25, -0.2) is 4.98 Å². The second kappa shape index (κ2) is 4.80. The van der Waals surface area contributed by atoms with Gasteiger partial charge in [0.25, 0.3) is 0 Å². The number of nitrogens with zero attached hydrogens (tertiary/aromatic N) is 2. The molecule has 4 nitrogen and oxygen atoms in total. The summed E-state index contributed by atoms with van der Waals surface area (Å²) in [5.74, 6) is 0.930. The summed E-state index contributed by atoms with van der Waals surface area (Å²) in [6.45, 7) is 2.96. The Balaban J connectivity index is 2.10. The van der Waals surface area contributed by atoms with E-state index >= 15 is 0 Å². The van der Waals surface area contributed by atoms with E-state index in [1.165, 1.54) is 0 Å². The van der Waals surface area contributed by atoms with Gasteiger partial charge in [-0.05, 0) is 25.0 Å². The molecule has 0 aliphatic carbocycles. The van der Waals surface area contributed by atoms with Gasteiger partial charge in [0.05, 0.1) is 18.8 Å². The fourth-order valence-corrected chi connectivity index (χ4v) is 2.12. The van der Waals surface area contributed by atoms with Crippen LogP contribution >= 0.6 is 0 Å². The van der Waals surface area contributed by atoms with Crippen LogP contribution in [-0.4, -0.2) is 35.9 Å². The first-order valence-electron chi connectivity index (χ1n) is 5.62. The molecule has 0 spiro atoms. The number of anilines is 1. The third-order valence-electron chi connectivity index (χ3n) is 3.19. The van der Waals surface area contributed by atoms with Crippen molar-refractivity contribution in [3.63, 3.8) is 0 Å². The van der Waals surface area contributed by atoms with E-state index in [9.17, 15) is 0 Å². The topological polar surface area (TPSA) is 45.6 Å². The molecule has 1 aliphatic rings. The maximum absolute atomic E-state index is 8.95. The number of hydrogen-bond donors (Lipinski definition) is 1. The maximum Gasteiger partial charge on any atom is 0.128 e. The molecule has 16 heavy (non-hydrogen) atoms. The predicted octanol–water partition coefficient (Wildman–Crippen LogP) is 1.19. The van der Waals surface area contributed by atoms with Crippen LogP contribution in [0.25, 0.3) is 0 Å². The summed E-state index contributed by atoms with van der Waals surface area (Å²) in [5.41, 5.74) is 0.841. The number of ether oxygens (including phenoxy) is 1. The summed E-state index contributed by atoms with van der Waals surface area (Å²) >= 11 is 0. The zero-order valence-corrected chi connectivity index (χ0v) is 9.76. The van der Waals surface area contributed by atoms with Crippen molar-refractivity contribution >= 4 is 5.82 Å². The third-order valence-corrected chi connectivity index (χ3v) is 3.19. The fraction of sp³-hybridized carbons (Fsp3) is 0.583. The average Bonchev–Trinajstić information content (AvgIpc) is 2.75. The molecule has 1 N–H and O–H groups in total. The number of aliphatic hydroxyl groups is 1. The summed E-state index contributed by atoms with van der Waals surface area (Å²) in [6.07, 6.45) is 3.01. The molecule has 0 bridgehead atoms. The highest BCUT2D eigenvalue weighted by atomic mass is 16.5. The summed E-state index contributed by atoms with van der Waals surface area (Å²) in [5, 5.41) is 8.95. The van der Waals surface area contributed by atoms with Crippen LogP contribution in [0.15, 0.2) is 18.3 Å². The van der Waals surface area contributed by atoms with Gasteiger partial charge in [0.1, 0.15) is 5.82 Å². The van der Waals surface area contributed by atoms with Crippen molar-refractivity contribution in [1.82, 2.24) is 4.98 Å². The standard InChI is InChI=1S/C12H18N2O2/c1-9-11(5-6-16-9)14(2)12-4-3-10(8-15)7-13-12/h3-4,7,9,11,15H,5-6,8H2,1-2H3. The monoisotopic (exact) mass is 222 g/mol. The summed E-state index contributed by atoms with van der Waals surface area (Å²) in [6, 6.07) is 4.24. The Bertz CT molecular complexity index is 339. The molecule has 2 rings (SSSR count). The van der Waals surface area contributed by atoms with Gasteiger partial charge < -0.3 is 14.7 Å². The van der Waals surface area contributed by atoms with Crippen molar-refractivity contribution in [3.05, 3.63) is 23.9 Å².